The van der Waals surface area contributed by atoms with Crippen LogP contribution in [0.25, 0.3) is 0 Å². The first-order valence-corrected chi connectivity index (χ1v) is 8.64. The molecular weight excluding hydrogens is 298 g/mol. The van der Waals surface area contributed by atoms with Crippen LogP contribution in [0.5, 0.6) is 0 Å². The molecule has 0 radical (unpaired) electrons. The molecule has 0 bridgehead atoms. The topological polar surface area (TPSA) is 98.8 Å². The first-order valence-electron chi connectivity index (χ1n) is 6.82. The van der Waals surface area contributed by atoms with Crippen LogP contribution in [-0.4, -0.2) is 50.7 Å². The number of hydrogen-bond acceptors (Lipinski definition) is 6. The minimum Gasteiger partial charge on any atom is -0.469 e. The van der Waals surface area contributed by atoms with Gasteiger partial charge in [-0.1, -0.05) is 0 Å². The van der Waals surface area contributed by atoms with Crippen LogP contribution in [0, 0.1) is 5.92 Å². The third-order valence-corrected chi connectivity index (χ3v) is 4.89. The van der Waals surface area contributed by atoms with Crippen molar-refractivity contribution in [3.8, 4) is 0 Å². The van der Waals surface area contributed by atoms with Gasteiger partial charge in [0.25, 0.3) is 0 Å². The summed E-state index contributed by atoms with van der Waals surface area (Å²) in [5.74, 6) is -1.35. The second-order valence-corrected chi connectivity index (χ2v) is 8.42. The van der Waals surface area contributed by atoms with Crippen molar-refractivity contribution >= 4 is 21.9 Å². The molecule has 1 aliphatic heterocycles. The van der Waals surface area contributed by atoms with E-state index in [1.54, 1.807) is 20.8 Å². The highest BCUT2D eigenvalue weighted by molar-refractivity contribution is 7.91. The molecular formula is C13H23NO6S. The summed E-state index contributed by atoms with van der Waals surface area (Å²) in [6.07, 6.45) is -0.364. The number of methoxy groups -OCH3 is 1. The lowest BCUT2D eigenvalue weighted by Crippen LogP contribution is -2.45. The van der Waals surface area contributed by atoms with E-state index in [2.05, 4.69) is 5.32 Å². The SMILES string of the molecule is COC(=O)C1CCS(=O)(=O)CCC1NC(=O)OC(C)(C)C. The maximum atomic E-state index is 11.8. The fourth-order valence-electron chi connectivity index (χ4n) is 2.18. The normalized spacial score (nSPS) is 25.5. The van der Waals surface area contributed by atoms with Crippen LogP contribution in [0.2, 0.25) is 0 Å². The molecule has 2 unspecified atom stereocenters. The van der Waals surface area contributed by atoms with Gasteiger partial charge >= 0.3 is 12.1 Å². The van der Waals surface area contributed by atoms with Crippen molar-refractivity contribution in [2.45, 2.75) is 45.3 Å². The predicted molar refractivity (Wildman–Crippen MR) is 76.6 cm³/mol. The molecule has 1 N–H and O–H groups in total. The van der Waals surface area contributed by atoms with E-state index in [9.17, 15) is 18.0 Å². The molecule has 122 valence electrons. The molecule has 2 atom stereocenters. The molecule has 0 aromatic carbocycles. The molecule has 0 saturated carbocycles. The second-order valence-electron chi connectivity index (χ2n) is 6.11. The molecule has 7 nitrogen and oxygen atoms in total. The summed E-state index contributed by atoms with van der Waals surface area (Å²) in [7, 11) is -1.96. The van der Waals surface area contributed by atoms with Gasteiger partial charge in [0.2, 0.25) is 0 Å². The number of carbonyl (C=O) groups is 2. The van der Waals surface area contributed by atoms with Gasteiger partial charge in [-0.25, -0.2) is 13.2 Å². The van der Waals surface area contributed by atoms with Crippen LogP contribution in [0.15, 0.2) is 0 Å². The van der Waals surface area contributed by atoms with Crippen molar-refractivity contribution in [3.05, 3.63) is 0 Å². The van der Waals surface area contributed by atoms with Crippen molar-refractivity contribution in [3.63, 3.8) is 0 Å². The number of rotatable bonds is 2. The Bertz CT molecular complexity index is 493. The minimum absolute atomic E-state index is 0.0685. The minimum atomic E-state index is -3.20. The van der Waals surface area contributed by atoms with Crippen molar-refractivity contribution in [2.24, 2.45) is 5.92 Å². The molecule has 1 fully saturated rings. The standard InChI is InChI=1S/C13H23NO6S/c1-13(2,3)20-12(16)14-10-6-8-21(17,18)7-5-9(10)11(15)19-4/h9-10H,5-8H2,1-4H3,(H,14,16). The lowest BCUT2D eigenvalue weighted by Gasteiger charge is -2.26. The summed E-state index contributed by atoms with van der Waals surface area (Å²) >= 11 is 0. The zero-order chi connectivity index (χ0) is 16.3. The first kappa shape index (κ1) is 17.7. The van der Waals surface area contributed by atoms with Crippen LogP contribution < -0.4 is 5.32 Å². The van der Waals surface area contributed by atoms with E-state index in [0.29, 0.717) is 0 Å². The Morgan fingerprint density at radius 2 is 1.71 bits per heavy atom. The van der Waals surface area contributed by atoms with Crippen LogP contribution in [0.3, 0.4) is 0 Å². The predicted octanol–water partition coefficient (Wildman–Crippen LogP) is 0.877. The Labute approximate surface area is 125 Å². The maximum absolute atomic E-state index is 11.8. The zero-order valence-electron chi connectivity index (χ0n) is 12.8. The molecule has 0 aliphatic carbocycles. The Kier molecular flexibility index (Phi) is 5.61. The number of nitrogens with one attached hydrogen (secondary N) is 1. The van der Waals surface area contributed by atoms with Crippen molar-refractivity contribution in [1.29, 1.82) is 0 Å². The first-order chi connectivity index (χ1) is 9.54. The van der Waals surface area contributed by atoms with E-state index in [1.165, 1.54) is 7.11 Å². The number of amides is 1. The Balaban J connectivity index is 2.83. The van der Waals surface area contributed by atoms with Crippen LogP contribution in [0.1, 0.15) is 33.6 Å². The Morgan fingerprint density at radius 1 is 1.14 bits per heavy atom. The van der Waals surface area contributed by atoms with Crippen molar-refractivity contribution in [1.82, 2.24) is 5.32 Å². The summed E-state index contributed by atoms with van der Waals surface area (Å²) in [5.41, 5.74) is -0.665. The molecule has 1 heterocycles. The lowest BCUT2D eigenvalue weighted by atomic mass is 9.95. The number of esters is 1. The molecule has 1 amide bonds. The summed E-state index contributed by atoms with van der Waals surface area (Å²) in [6.45, 7) is 5.17. The van der Waals surface area contributed by atoms with Crippen molar-refractivity contribution < 1.29 is 27.5 Å². The number of sulfone groups is 1. The van der Waals surface area contributed by atoms with E-state index in [1.807, 2.05) is 0 Å². The summed E-state index contributed by atoms with van der Waals surface area (Å²) in [5, 5.41) is 2.59. The molecule has 8 heteroatoms. The van der Waals surface area contributed by atoms with Gasteiger partial charge in [-0.3, -0.25) is 4.79 Å². The molecule has 1 aliphatic rings. The van der Waals surface area contributed by atoms with E-state index < -0.39 is 39.5 Å². The van der Waals surface area contributed by atoms with Gasteiger partial charge in [0, 0.05) is 6.04 Å². The van der Waals surface area contributed by atoms with Gasteiger partial charge in [-0.05, 0) is 33.6 Å². The highest BCUT2D eigenvalue weighted by Crippen LogP contribution is 2.21. The van der Waals surface area contributed by atoms with Gasteiger partial charge in [-0.15, -0.1) is 0 Å². The van der Waals surface area contributed by atoms with E-state index in [4.69, 9.17) is 9.47 Å². The van der Waals surface area contributed by atoms with Gasteiger partial charge in [0.1, 0.15) is 15.4 Å². The molecule has 1 saturated heterocycles. The summed E-state index contributed by atoms with van der Waals surface area (Å²) in [4.78, 5) is 23.6. The summed E-state index contributed by atoms with van der Waals surface area (Å²) < 4.78 is 33.2. The average Bonchev–Trinajstić information content (AvgIpc) is 2.46. The number of hydrogen-bond donors (Lipinski definition) is 1. The van der Waals surface area contributed by atoms with E-state index >= 15 is 0 Å². The maximum Gasteiger partial charge on any atom is 0.407 e. The van der Waals surface area contributed by atoms with Crippen LogP contribution in [0.4, 0.5) is 4.79 Å². The smallest absolute Gasteiger partial charge is 0.407 e. The average molecular weight is 321 g/mol. The number of carbonyl (C=O) groups excluding carboxylic acids is 2. The lowest BCUT2D eigenvalue weighted by molar-refractivity contribution is -0.146. The molecule has 21 heavy (non-hydrogen) atoms. The monoisotopic (exact) mass is 321 g/mol. The largest absolute Gasteiger partial charge is 0.469 e. The highest BCUT2D eigenvalue weighted by Gasteiger charge is 2.36. The fraction of sp³-hybridized carbons (Fsp3) is 0.846. The van der Waals surface area contributed by atoms with Gasteiger partial charge in [0.15, 0.2) is 0 Å². The van der Waals surface area contributed by atoms with Crippen LogP contribution >= 0.6 is 0 Å². The fourth-order valence-corrected chi connectivity index (χ4v) is 3.61. The van der Waals surface area contributed by atoms with Gasteiger partial charge in [-0.2, -0.15) is 0 Å². The summed E-state index contributed by atoms with van der Waals surface area (Å²) in [6, 6.07) is -0.607. The van der Waals surface area contributed by atoms with E-state index in [0.717, 1.165) is 0 Å². The number of alkyl carbamates (subject to hydrolysis) is 1. The third kappa shape index (κ3) is 5.91. The van der Waals surface area contributed by atoms with Gasteiger partial charge in [0.05, 0.1) is 24.5 Å². The second kappa shape index (κ2) is 6.64. The molecule has 1 rings (SSSR count). The van der Waals surface area contributed by atoms with Gasteiger partial charge < -0.3 is 14.8 Å². The molecule has 0 spiro atoms. The zero-order valence-corrected chi connectivity index (χ0v) is 13.7. The molecule has 0 aromatic heterocycles. The van der Waals surface area contributed by atoms with Crippen LogP contribution in [-0.2, 0) is 24.1 Å². The molecule has 0 aromatic rings. The number of ether oxygens (including phenoxy) is 2. The van der Waals surface area contributed by atoms with Crippen molar-refractivity contribution in [2.75, 3.05) is 18.6 Å². The van der Waals surface area contributed by atoms with E-state index in [-0.39, 0.29) is 24.3 Å². The quantitative estimate of drug-likeness (QED) is 0.758. The highest BCUT2D eigenvalue weighted by atomic mass is 32.2. The Morgan fingerprint density at radius 3 is 2.24 bits per heavy atom. The third-order valence-electron chi connectivity index (χ3n) is 3.17. The Hall–Kier alpha value is -1.31.